The zero-order chi connectivity index (χ0) is 13.5. The van der Waals surface area contributed by atoms with Crippen LogP contribution in [0.25, 0.3) is 0 Å². The van der Waals surface area contributed by atoms with Crippen molar-refractivity contribution in [3.8, 4) is 0 Å². The molecule has 0 fully saturated rings. The van der Waals surface area contributed by atoms with Gasteiger partial charge in [-0.05, 0) is 19.4 Å². The van der Waals surface area contributed by atoms with Gasteiger partial charge in [0.25, 0.3) is 5.69 Å². The maximum atomic E-state index is 11.4. The van der Waals surface area contributed by atoms with Gasteiger partial charge >= 0.3 is 0 Å². The van der Waals surface area contributed by atoms with E-state index in [1.165, 1.54) is 23.9 Å². The topological polar surface area (TPSA) is 72.2 Å². The Morgan fingerprint density at radius 1 is 1.50 bits per heavy atom. The Morgan fingerprint density at radius 2 is 2.22 bits per heavy atom. The number of hydrogen-bond donors (Lipinski definition) is 1. The predicted molar refractivity (Wildman–Crippen MR) is 72.5 cm³/mol. The van der Waals surface area contributed by atoms with Crippen molar-refractivity contribution in [2.45, 2.75) is 25.6 Å². The minimum Gasteiger partial charge on any atom is -0.353 e. The number of nitrogens with zero attached hydrogens (tertiary/aromatic N) is 1. The number of rotatable bonds is 6. The van der Waals surface area contributed by atoms with E-state index in [-0.39, 0.29) is 17.6 Å². The molecule has 0 spiro atoms. The Bertz CT molecular complexity index is 435. The summed E-state index contributed by atoms with van der Waals surface area (Å²) in [7, 11) is 0. The van der Waals surface area contributed by atoms with Crippen molar-refractivity contribution in [3.05, 3.63) is 39.9 Å². The molecule has 0 radical (unpaired) electrons. The molecule has 1 aromatic rings. The van der Waals surface area contributed by atoms with Crippen molar-refractivity contribution in [1.29, 1.82) is 0 Å². The van der Waals surface area contributed by atoms with Gasteiger partial charge in [-0.15, -0.1) is 11.8 Å². The number of non-ortho nitro benzene ring substituents is 1. The molecule has 0 atom stereocenters. The highest BCUT2D eigenvalue weighted by molar-refractivity contribution is 7.99. The van der Waals surface area contributed by atoms with Crippen LogP contribution in [0.1, 0.15) is 19.4 Å². The van der Waals surface area contributed by atoms with Gasteiger partial charge in [0.2, 0.25) is 5.91 Å². The number of carbonyl (C=O) groups is 1. The Balaban J connectivity index is 2.42. The summed E-state index contributed by atoms with van der Waals surface area (Å²) in [6.45, 7) is 3.81. The van der Waals surface area contributed by atoms with Gasteiger partial charge in [-0.3, -0.25) is 14.9 Å². The summed E-state index contributed by atoms with van der Waals surface area (Å²) in [5, 5.41) is 13.4. The summed E-state index contributed by atoms with van der Waals surface area (Å²) < 4.78 is 0. The van der Waals surface area contributed by atoms with Crippen LogP contribution < -0.4 is 5.32 Å². The van der Waals surface area contributed by atoms with Crippen molar-refractivity contribution in [1.82, 2.24) is 5.32 Å². The average Bonchev–Trinajstić information content (AvgIpc) is 2.28. The van der Waals surface area contributed by atoms with Crippen LogP contribution in [0.2, 0.25) is 0 Å². The first-order chi connectivity index (χ1) is 8.49. The van der Waals surface area contributed by atoms with Gasteiger partial charge in [-0.1, -0.05) is 12.1 Å². The molecule has 0 aliphatic rings. The number of nitro benzene ring substituents is 1. The highest BCUT2D eigenvalue weighted by atomic mass is 32.2. The van der Waals surface area contributed by atoms with Crippen molar-refractivity contribution in [2.75, 3.05) is 5.75 Å². The largest absolute Gasteiger partial charge is 0.353 e. The van der Waals surface area contributed by atoms with Gasteiger partial charge in [0.1, 0.15) is 0 Å². The Labute approximate surface area is 110 Å². The fourth-order valence-electron chi connectivity index (χ4n) is 1.39. The standard InChI is InChI=1S/C12H16N2O3S/c1-9(2)13-12(15)8-18-7-10-4-3-5-11(6-10)14(16)17/h3-6,9H,7-8H2,1-2H3,(H,13,15). The van der Waals surface area contributed by atoms with Crippen molar-refractivity contribution in [3.63, 3.8) is 0 Å². The molecule has 0 saturated heterocycles. The van der Waals surface area contributed by atoms with Gasteiger partial charge < -0.3 is 5.32 Å². The van der Waals surface area contributed by atoms with E-state index in [9.17, 15) is 14.9 Å². The number of carbonyl (C=O) groups excluding carboxylic acids is 1. The van der Waals surface area contributed by atoms with Gasteiger partial charge in [-0.25, -0.2) is 0 Å². The summed E-state index contributed by atoms with van der Waals surface area (Å²) in [5.74, 6) is 0.939. The number of nitrogens with one attached hydrogen (secondary N) is 1. The highest BCUT2D eigenvalue weighted by Crippen LogP contribution is 2.17. The SMILES string of the molecule is CC(C)NC(=O)CSCc1cccc([N+](=O)[O-])c1. The van der Waals surface area contributed by atoms with Crippen molar-refractivity contribution < 1.29 is 9.72 Å². The monoisotopic (exact) mass is 268 g/mol. The minimum absolute atomic E-state index is 0.0135. The van der Waals surface area contributed by atoms with Crippen LogP contribution in [0.5, 0.6) is 0 Å². The van der Waals surface area contributed by atoms with Gasteiger partial charge in [0, 0.05) is 23.9 Å². The summed E-state index contributed by atoms with van der Waals surface area (Å²) in [6, 6.07) is 6.60. The maximum Gasteiger partial charge on any atom is 0.269 e. The third-order valence-electron chi connectivity index (χ3n) is 2.07. The molecule has 18 heavy (non-hydrogen) atoms. The Hall–Kier alpha value is -1.56. The Kier molecular flexibility index (Phi) is 5.64. The smallest absolute Gasteiger partial charge is 0.269 e. The molecule has 1 N–H and O–H groups in total. The molecule has 5 nitrogen and oxygen atoms in total. The van der Waals surface area contributed by atoms with Crippen LogP contribution in [0, 0.1) is 10.1 Å². The van der Waals surface area contributed by atoms with Crippen LogP contribution in [-0.4, -0.2) is 22.6 Å². The van der Waals surface area contributed by atoms with Gasteiger partial charge in [0.15, 0.2) is 0 Å². The lowest BCUT2D eigenvalue weighted by Crippen LogP contribution is -2.31. The predicted octanol–water partition coefficient (Wildman–Crippen LogP) is 2.35. The number of amides is 1. The molecule has 1 rings (SSSR count). The number of hydrogen-bond acceptors (Lipinski definition) is 4. The Morgan fingerprint density at radius 3 is 2.83 bits per heavy atom. The zero-order valence-corrected chi connectivity index (χ0v) is 11.2. The van der Waals surface area contributed by atoms with Crippen LogP contribution in [-0.2, 0) is 10.5 Å². The van der Waals surface area contributed by atoms with E-state index in [1.54, 1.807) is 6.07 Å². The summed E-state index contributed by atoms with van der Waals surface area (Å²) >= 11 is 1.44. The quantitative estimate of drug-likeness (QED) is 0.635. The van der Waals surface area contributed by atoms with E-state index in [0.717, 1.165) is 5.56 Å². The molecule has 0 aliphatic heterocycles. The molecule has 1 aromatic carbocycles. The summed E-state index contributed by atoms with van der Waals surface area (Å²) in [6.07, 6.45) is 0. The van der Waals surface area contributed by atoms with Crippen LogP contribution in [0.15, 0.2) is 24.3 Å². The molecular formula is C12H16N2O3S. The first-order valence-corrected chi connectivity index (χ1v) is 6.75. The van der Waals surface area contributed by atoms with E-state index in [0.29, 0.717) is 11.5 Å². The van der Waals surface area contributed by atoms with Crippen molar-refractivity contribution >= 4 is 23.4 Å². The molecule has 6 heteroatoms. The van der Waals surface area contributed by atoms with E-state index in [2.05, 4.69) is 5.32 Å². The first kappa shape index (κ1) is 14.5. The van der Waals surface area contributed by atoms with Crippen LogP contribution in [0.4, 0.5) is 5.69 Å². The molecule has 1 amide bonds. The molecule has 0 bridgehead atoms. The van der Waals surface area contributed by atoms with Gasteiger partial charge in [0.05, 0.1) is 10.7 Å². The van der Waals surface area contributed by atoms with E-state index in [4.69, 9.17) is 0 Å². The second-order valence-electron chi connectivity index (χ2n) is 4.14. The third kappa shape index (κ3) is 5.18. The number of benzene rings is 1. The van der Waals surface area contributed by atoms with Crippen LogP contribution in [0.3, 0.4) is 0 Å². The number of thioether (sulfide) groups is 1. The zero-order valence-electron chi connectivity index (χ0n) is 10.4. The fraction of sp³-hybridized carbons (Fsp3) is 0.417. The maximum absolute atomic E-state index is 11.4. The number of nitro groups is 1. The molecule has 0 aromatic heterocycles. The van der Waals surface area contributed by atoms with Crippen LogP contribution >= 0.6 is 11.8 Å². The van der Waals surface area contributed by atoms with E-state index < -0.39 is 4.92 Å². The molecule has 0 saturated carbocycles. The van der Waals surface area contributed by atoms with Gasteiger partial charge in [-0.2, -0.15) is 0 Å². The lowest BCUT2D eigenvalue weighted by Gasteiger charge is -2.07. The minimum atomic E-state index is -0.417. The third-order valence-corrected chi connectivity index (χ3v) is 3.08. The van der Waals surface area contributed by atoms with Crippen molar-refractivity contribution in [2.24, 2.45) is 0 Å². The molecule has 98 valence electrons. The second kappa shape index (κ2) is 7.00. The molecular weight excluding hydrogens is 252 g/mol. The summed E-state index contributed by atoms with van der Waals surface area (Å²) in [5.41, 5.74) is 0.936. The second-order valence-corrected chi connectivity index (χ2v) is 5.13. The lowest BCUT2D eigenvalue weighted by molar-refractivity contribution is -0.384. The molecule has 0 heterocycles. The van der Waals surface area contributed by atoms with E-state index >= 15 is 0 Å². The molecule has 0 aliphatic carbocycles. The summed E-state index contributed by atoms with van der Waals surface area (Å²) in [4.78, 5) is 21.6. The van der Waals surface area contributed by atoms with E-state index in [1.807, 2.05) is 19.9 Å². The highest BCUT2D eigenvalue weighted by Gasteiger charge is 2.07. The average molecular weight is 268 g/mol. The normalized spacial score (nSPS) is 10.4. The first-order valence-electron chi connectivity index (χ1n) is 5.59. The lowest BCUT2D eigenvalue weighted by atomic mass is 10.2. The fourth-order valence-corrected chi connectivity index (χ4v) is 2.17. The molecule has 0 unspecified atom stereocenters.